The highest BCUT2D eigenvalue weighted by Crippen LogP contribution is 2.41. The average Bonchev–Trinajstić information content (AvgIpc) is 3.46. The standard InChI is InChI=1S/C31H32N4O4/c1-21-5-7-26(22(2)14-21)31-27-16-29(39-13-10-23-4-3-11-32-17-23)28(33-19-36)15-24(27)9-12-35(31)30(37)8-6-25-18-38-20-34-25/h3-5,7,11,14-20,31H,6,8-10,12-13H2,1-2H3,(H,33,36). The second-order valence-electron chi connectivity index (χ2n) is 9.85. The Labute approximate surface area is 228 Å². The maximum atomic E-state index is 13.6. The van der Waals surface area contributed by atoms with Gasteiger partial charge in [0.1, 0.15) is 12.0 Å². The first-order chi connectivity index (χ1) is 19.0. The minimum atomic E-state index is -0.273. The van der Waals surface area contributed by atoms with E-state index >= 15 is 0 Å². The summed E-state index contributed by atoms with van der Waals surface area (Å²) in [6.07, 6.45) is 9.40. The lowest BCUT2D eigenvalue weighted by Crippen LogP contribution is -2.41. The quantitative estimate of drug-likeness (QED) is 0.294. The summed E-state index contributed by atoms with van der Waals surface area (Å²) in [6.45, 7) is 5.15. The van der Waals surface area contributed by atoms with Gasteiger partial charge in [-0.3, -0.25) is 14.6 Å². The minimum Gasteiger partial charge on any atom is -0.491 e. The summed E-state index contributed by atoms with van der Waals surface area (Å²) in [5, 5.41) is 2.80. The fourth-order valence-corrected chi connectivity index (χ4v) is 5.25. The molecule has 0 saturated heterocycles. The Morgan fingerprint density at radius 1 is 1.18 bits per heavy atom. The van der Waals surface area contributed by atoms with E-state index in [4.69, 9.17) is 9.15 Å². The van der Waals surface area contributed by atoms with Gasteiger partial charge in [0.25, 0.3) is 0 Å². The average molecular weight is 525 g/mol. The van der Waals surface area contributed by atoms with Crippen LogP contribution >= 0.6 is 0 Å². The minimum absolute atomic E-state index is 0.0581. The number of amides is 2. The van der Waals surface area contributed by atoms with Crippen LogP contribution in [0.15, 0.2) is 71.9 Å². The SMILES string of the molecule is Cc1ccc(C2c3cc(OCCc4cccnc4)c(NC=O)cc3CCN2C(=O)CCc2cocn2)c(C)c1. The highest BCUT2D eigenvalue weighted by molar-refractivity contribution is 5.80. The molecule has 0 aliphatic carbocycles. The summed E-state index contributed by atoms with van der Waals surface area (Å²) in [5.74, 6) is 0.638. The van der Waals surface area contributed by atoms with Crippen LogP contribution in [0, 0.1) is 13.8 Å². The molecule has 1 aliphatic rings. The van der Waals surface area contributed by atoms with Crippen molar-refractivity contribution in [1.82, 2.24) is 14.9 Å². The summed E-state index contributed by atoms with van der Waals surface area (Å²) < 4.78 is 11.3. The molecular formula is C31H32N4O4. The molecule has 4 aromatic rings. The van der Waals surface area contributed by atoms with Crippen molar-refractivity contribution < 1.29 is 18.7 Å². The maximum Gasteiger partial charge on any atom is 0.223 e. The molecule has 8 nitrogen and oxygen atoms in total. The number of nitrogens with zero attached hydrogens (tertiary/aromatic N) is 3. The number of ether oxygens (including phenoxy) is 1. The van der Waals surface area contributed by atoms with Crippen molar-refractivity contribution in [2.45, 2.75) is 45.6 Å². The summed E-state index contributed by atoms with van der Waals surface area (Å²) in [7, 11) is 0. The van der Waals surface area contributed by atoms with Crippen molar-refractivity contribution in [2.24, 2.45) is 0 Å². The number of anilines is 1. The number of carbonyl (C=O) groups excluding carboxylic acids is 2. The van der Waals surface area contributed by atoms with E-state index in [9.17, 15) is 9.59 Å². The van der Waals surface area contributed by atoms with Crippen molar-refractivity contribution in [3.05, 3.63) is 107 Å². The van der Waals surface area contributed by atoms with E-state index in [-0.39, 0.29) is 11.9 Å². The first-order valence-corrected chi connectivity index (χ1v) is 13.2. The van der Waals surface area contributed by atoms with Gasteiger partial charge in [-0.25, -0.2) is 4.98 Å². The largest absolute Gasteiger partial charge is 0.491 e. The molecule has 0 radical (unpaired) electrons. The Kier molecular flexibility index (Phi) is 8.01. The predicted molar refractivity (Wildman–Crippen MR) is 148 cm³/mol. The lowest BCUT2D eigenvalue weighted by Gasteiger charge is -2.39. The van der Waals surface area contributed by atoms with Gasteiger partial charge >= 0.3 is 0 Å². The number of aryl methyl sites for hydroxylation is 3. The van der Waals surface area contributed by atoms with Crippen LogP contribution in [0.2, 0.25) is 0 Å². The second kappa shape index (κ2) is 11.9. The van der Waals surface area contributed by atoms with Crippen molar-refractivity contribution >= 4 is 18.0 Å². The lowest BCUT2D eigenvalue weighted by molar-refractivity contribution is -0.133. The normalized spacial score (nSPS) is 14.5. The molecule has 8 heteroatoms. The van der Waals surface area contributed by atoms with Crippen molar-refractivity contribution in [3.8, 4) is 5.75 Å². The van der Waals surface area contributed by atoms with Gasteiger partial charge < -0.3 is 19.4 Å². The number of fused-ring (bicyclic) bond motifs is 1. The zero-order valence-electron chi connectivity index (χ0n) is 22.2. The molecule has 39 heavy (non-hydrogen) atoms. The van der Waals surface area contributed by atoms with E-state index in [2.05, 4.69) is 47.3 Å². The number of carbonyl (C=O) groups is 2. The molecule has 2 amide bonds. The summed E-state index contributed by atoms with van der Waals surface area (Å²) in [6, 6.07) is 14.0. The van der Waals surface area contributed by atoms with Crippen LogP contribution in [0.5, 0.6) is 5.75 Å². The van der Waals surface area contributed by atoms with Gasteiger partial charge in [-0.2, -0.15) is 0 Å². The van der Waals surface area contributed by atoms with Crippen LogP contribution in [0.25, 0.3) is 0 Å². The predicted octanol–water partition coefficient (Wildman–Crippen LogP) is 4.98. The monoisotopic (exact) mass is 524 g/mol. The van der Waals surface area contributed by atoms with Crippen molar-refractivity contribution in [2.75, 3.05) is 18.5 Å². The third-order valence-electron chi connectivity index (χ3n) is 7.17. The second-order valence-corrected chi connectivity index (χ2v) is 9.85. The molecule has 0 fully saturated rings. The zero-order valence-corrected chi connectivity index (χ0v) is 22.2. The van der Waals surface area contributed by atoms with Crippen LogP contribution in [-0.4, -0.2) is 40.3 Å². The molecule has 0 saturated carbocycles. The van der Waals surface area contributed by atoms with Crippen molar-refractivity contribution in [1.29, 1.82) is 0 Å². The van der Waals surface area contributed by atoms with E-state index < -0.39 is 0 Å². The number of benzene rings is 2. The number of rotatable bonds is 10. The lowest BCUT2D eigenvalue weighted by atomic mass is 9.85. The molecule has 3 heterocycles. The Bertz CT molecular complexity index is 1440. The first-order valence-electron chi connectivity index (χ1n) is 13.2. The van der Waals surface area contributed by atoms with Crippen molar-refractivity contribution in [3.63, 3.8) is 0 Å². The van der Waals surface area contributed by atoms with Crippen LogP contribution < -0.4 is 10.1 Å². The molecule has 1 N–H and O–H groups in total. The van der Waals surface area contributed by atoms with E-state index in [0.29, 0.717) is 56.7 Å². The van der Waals surface area contributed by atoms with E-state index in [1.165, 1.54) is 12.0 Å². The Morgan fingerprint density at radius 2 is 2.08 bits per heavy atom. The van der Waals surface area contributed by atoms with E-state index in [1.807, 2.05) is 35.4 Å². The molecule has 2 aromatic carbocycles. The van der Waals surface area contributed by atoms with Gasteiger partial charge in [0.05, 0.1) is 24.0 Å². The molecular weight excluding hydrogens is 492 g/mol. The number of hydrogen-bond donors (Lipinski definition) is 1. The molecule has 1 unspecified atom stereocenters. The summed E-state index contributed by atoms with van der Waals surface area (Å²) in [4.78, 5) is 35.3. The number of aromatic nitrogens is 2. The molecule has 1 aliphatic heterocycles. The molecule has 5 rings (SSSR count). The highest BCUT2D eigenvalue weighted by Gasteiger charge is 2.34. The number of nitrogens with one attached hydrogen (secondary N) is 1. The highest BCUT2D eigenvalue weighted by atomic mass is 16.5. The third-order valence-corrected chi connectivity index (χ3v) is 7.17. The fraction of sp³-hybridized carbons (Fsp3) is 0.290. The molecule has 0 bridgehead atoms. The number of oxazole rings is 1. The molecule has 2 aromatic heterocycles. The Morgan fingerprint density at radius 3 is 2.82 bits per heavy atom. The van der Waals surface area contributed by atoms with E-state index in [0.717, 1.165) is 33.5 Å². The third kappa shape index (κ3) is 6.00. The zero-order chi connectivity index (χ0) is 27.2. The number of hydrogen-bond acceptors (Lipinski definition) is 6. The topological polar surface area (TPSA) is 97.6 Å². The summed E-state index contributed by atoms with van der Waals surface area (Å²) >= 11 is 0. The van der Waals surface area contributed by atoms with Gasteiger partial charge in [-0.1, -0.05) is 29.8 Å². The van der Waals surface area contributed by atoms with Gasteiger partial charge in [-0.15, -0.1) is 0 Å². The molecule has 0 spiro atoms. The van der Waals surface area contributed by atoms with Gasteiger partial charge in [0.2, 0.25) is 12.3 Å². The maximum absolute atomic E-state index is 13.6. The van der Waals surface area contributed by atoms with Gasteiger partial charge in [-0.05, 0) is 66.3 Å². The first kappa shape index (κ1) is 26.2. The van der Waals surface area contributed by atoms with Crippen LogP contribution in [0.4, 0.5) is 5.69 Å². The van der Waals surface area contributed by atoms with Gasteiger partial charge in [0, 0.05) is 38.2 Å². The molecule has 200 valence electrons. The van der Waals surface area contributed by atoms with E-state index in [1.54, 1.807) is 12.5 Å². The van der Waals surface area contributed by atoms with Crippen LogP contribution in [0.3, 0.4) is 0 Å². The van der Waals surface area contributed by atoms with Gasteiger partial charge in [0.15, 0.2) is 6.39 Å². The Balaban J connectivity index is 1.49. The summed E-state index contributed by atoms with van der Waals surface area (Å²) in [5.41, 5.74) is 7.92. The molecule has 1 atom stereocenters. The van der Waals surface area contributed by atoms with Crippen LogP contribution in [0.1, 0.15) is 51.5 Å². The number of pyridine rings is 1. The van der Waals surface area contributed by atoms with Crippen LogP contribution in [-0.2, 0) is 28.9 Å². The Hall–Kier alpha value is -4.46. The fourth-order valence-electron chi connectivity index (χ4n) is 5.25. The smallest absolute Gasteiger partial charge is 0.223 e.